The lowest BCUT2D eigenvalue weighted by atomic mass is 10.3. The lowest BCUT2D eigenvalue weighted by molar-refractivity contribution is 0.343. The molecule has 1 unspecified atom stereocenters. The molecule has 0 saturated carbocycles. The zero-order chi connectivity index (χ0) is 12.1. The highest BCUT2D eigenvalue weighted by Gasteiger charge is 2.27. The predicted octanol–water partition coefficient (Wildman–Crippen LogP) is 0.181. The first kappa shape index (κ1) is 14.8. The second-order valence-electron chi connectivity index (χ2n) is 3.01. The van der Waals surface area contributed by atoms with Gasteiger partial charge >= 0.3 is 15.2 Å². The Bertz CT molecular complexity index is 294. The van der Waals surface area contributed by atoms with E-state index in [0.29, 0.717) is 0 Å². The van der Waals surface area contributed by atoms with Crippen LogP contribution in [0.4, 0.5) is 0 Å². The van der Waals surface area contributed by atoms with Crippen molar-refractivity contribution in [1.82, 2.24) is 5.32 Å². The number of nitrogens with one attached hydrogen (secondary N) is 1. The summed E-state index contributed by atoms with van der Waals surface area (Å²) in [6.07, 6.45) is 0.756. The minimum absolute atomic E-state index is 0.0264. The standard InChI is InChI=1S/C6H15NO6P2/c1-2-7-6(15(11,12)13)4-3-5-14(8,9)10/h2,6-7H,1,3-5H2,(H2,8,9,10)(H2,11,12,13). The number of hydrogen-bond donors (Lipinski definition) is 5. The van der Waals surface area contributed by atoms with Gasteiger partial charge in [0.1, 0.15) is 5.78 Å². The first-order valence-corrected chi connectivity index (χ1v) is 7.61. The fraction of sp³-hybridized carbons (Fsp3) is 0.667. The minimum atomic E-state index is -4.31. The Morgan fingerprint density at radius 1 is 1.27 bits per heavy atom. The number of rotatable bonds is 7. The van der Waals surface area contributed by atoms with Gasteiger partial charge in [0.15, 0.2) is 0 Å². The molecule has 0 aliphatic heterocycles. The highest BCUT2D eigenvalue weighted by Crippen LogP contribution is 2.43. The number of hydrogen-bond acceptors (Lipinski definition) is 3. The average Bonchev–Trinajstić information content (AvgIpc) is 1.98. The normalized spacial score (nSPS) is 14.7. The molecule has 9 heteroatoms. The summed E-state index contributed by atoms with van der Waals surface area (Å²) in [5, 5.41) is 2.36. The topological polar surface area (TPSA) is 127 Å². The van der Waals surface area contributed by atoms with Crippen molar-refractivity contribution in [2.24, 2.45) is 0 Å². The van der Waals surface area contributed by atoms with Crippen LogP contribution in [0, 0.1) is 0 Å². The molecule has 5 N–H and O–H groups in total. The van der Waals surface area contributed by atoms with Crippen LogP contribution in [0.5, 0.6) is 0 Å². The maximum atomic E-state index is 10.9. The highest BCUT2D eigenvalue weighted by molar-refractivity contribution is 7.52. The van der Waals surface area contributed by atoms with E-state index in [0.717, 1.165) is 6.20 Å². The first-order chi connectivity index (χ1) is 6.67. The maximum absolute atomic E-state index is 10.9. The summed E-state index contributed by atoms with van der Waals surface area (Å²) in [5.74, 6) is -1.14. The third kappa shape index (κ3) is 7.73. The van der Waals surface area contributed by atoms with Crippen LogP contribution in [-0.2, 0) is 9.13 Å². The van der Waals surface area contributed by atoms with Gasteiger partial charge in [-0.1, -0.05) is 6.58 Å². The van der Waals surface area contributed by atoms with E-state index in [9.17, 15) is 9.13 Å². The van der Waals surface area contributed by atoms with Gasteiger partial charge in [-0.3, -0.25) is 9.13 Å². The molecule has 0 amide bonds. The van der Waals surface area contributed by atoms with Gasteiger partial charge in [-0.2, -0.15) is 0 Å². The molecule has 0 aliphatic rings. The van der Waals surface area contributed by atoms with Gasteiger partial charge < -0.3 is 24.9 Å². The summed E-state index contributed by atoms with van der Waals surface area (Å²) in [7, 11) is -8.41. The van der Waals surface area contributed by atoms with Crippen LogP contribution in [0.25, 0.3) is 0 Å². The van der Waals surface area contributed by atoms with Crippen molar-refractivity contribution in [3.05, 3.63) is 12.8 Å². The van der Waals surface area contributed by atoms with Gasteiger partial charge in [0.05, 0.1) is 0 Å². The first-order valence-electron chi connectivity index (χ1n) is 4.13. The van der Waals surface area contributed by atoms with Gasteiger partial charge in [0.2, 0.25) is 0 Å². The largest absolute Gasteiger partial charge is 0.378 e. The zero-order valence-corrected chi connectivity index (χ0v) is 9.77. The van der Waals surface area contributed by atoms with Crippen molar-refractivity contribution in [2.45, 2.75) is 18.6 Å². The Morgan fingerprint density at radius 3 is 2.13 bits per heavy atom. The van der Waals surface area contributed by atoms with Gasteiger partial charge in [0, 0.05) is 6.16 Å². The quantitative estimate of drug-likeness (QED) is 0.413. The van der Waals surface area contributed by atoms with Gasteiger partial charge in [-0.25, -0.2) is 0 Å². The molecule has 7 nitrogen and oxygen atoms in total. The molecule has 15 heavy (non-hydrogen) atoms. The van der Waals surface area contributed by atoms with E-state index in [1.54, 1.807) is 0 Å². The van der Waals surface area contributed by atoms with E-state index in [1.165, 1.54) is 0 Å². The van der Waals surface area contributed by atoms with Crippen molar-refractivity contribution in [1.29, 1.82) is 0 Å². The molecular formula is C6H15NO6P2. The second kappa shape index (κ2) is 5.80. The smallest absolute Gasteiger partial charge is 0.347 e. The van der Waals surface area contributed by atoms with Crippen LogP contribution >= 0.6 is 15.2 Å². The van der Waals surface area contributed by atoms with Crippen molar-refractivity contribution in [2.75, 3.05) is 6.16 Å². The SMILES string of the molecule is C=CNC(CCCP(=O)(O)O)P(=O)(O)O. The summed E-state index contributed by atoms with van der Waals surface area (Å²) in [6.45, 7) is 3.26. The molecule has 0 aromatic rings. The molecule has 0 heterocycles. The van der Waals surface area contributed by atoms with E-state index < -0.39 is 21.0 Å². The molecule has 90 valence electrons. The lowest BCUT2D eigenvalue weighted by Crippen LogP contribution is -2.24. The predicted molar refractivity (Wildman–Crippen MR) is 55.3 cm³/mol. The van der Waals surface area contributed by atoms with Crippen LogP contribution < -0.4 is 5.32 Å². The molecule has 0 saturated heterocycles. The molecule has 1 atom stereocenters. The Hall–Kier alpha value is -0.160. The Kier molecular flexibility index (Phi) is 5.73. The summed E-state index contributed by atoms with van der Waals surface area (Å²) >= 11 is 0. The van der Waals surface area contributed by atoms with Crippen LogP contribution in [0.15, 0.2) is 12.8 Å². The van der Waals surface area contributed by atoms with E-state index >= 15 is 0 Å². The van der Waals surface area contributed by atoms with Crippen molar-refractivity contribution >= 4 is 15.2 Å². The molecule has 0 rings (SSSR count). The van der Waals surface area contributed by atoms with Crippen molar-refractivity contribution < 1.29 is 28.7 Å². The van der Waals surface area contributed by atoms with E-state index in [-0.39, 0.29) is 19.0 Å². The van der Waals surface area contributed by atoms with Crippen LogP contribution in [-0.4, -0.2) is 31.5 Å². The van der Waals surface area contributed by atoms with Gasteiger partial charge in [0.25, 0.3) is 0 Å². The molecule has 0 fully saturated rings. The van der Waals surface area contributed by atoms with Crippen molar-refractivity contribution in [3.63, 3.8) is 0 Å². The van der Waals surface area contributed by atoms with E-state index in [2.05, 4.69) is 11.9 Å². The molecule has 0 bridgehead atoms. The van der Waals surface area contributed by atoms with Crippen molar-refractivity contribution in [3.8, 4) is 0 Å². The van der Waals surface area contributed by atoms with Crippen LogP contribution in [0.1, 0.15) is 12.8 Å². The van der Waals surface area contributed by atoms with E-state index in [4.69, 9.17) is 19.6 Å². The molecule has 0 aromatic heterocycles. The molecule has 0 radical (unpaired) electrons. The summed E-state index contributed by atoms with van der Waals surface area (Å²) in [5.41, 5.74) is 0. The summed E-state index contributed by atoms with van der Waals surface area (Å²) in [6, 6.07) is 0. The minimum Gasteiger partial charge on any atom is -0.378 e. The summed E-state index contributed by atoms with van der Waals surface area (Å²) < 4.78 is 21.3. The molecular weight excluding hydrogens is 244 g/mol. The highest BCUT2D eigenvalue weighted by atomic mass is 31.2. The maximum Gasteiger partial charge on any atom is 0.347 e. The lowest BCUT2D eigenvalue weighted by Gasteiger charge is -2.18. The zero-order valence-electron chi connectivity index (χ0n) is 7.98. The van der Waals surface area contributed by atoms with Crippen LogP contribution in [0.3, 0.4) is 0 Å². The Labute approximate surface area is 87.5 Å². The van der Waals surface area contributed by atoms with Gasteiger partial charge in [-0.15, -0.1) is 0 Å². The molecule has 0 spiro atoms. The Morgan fingerprint density at radius 2 is 1.80 bits per heavy atom. The second-order valence-corrected chi connectivity index (χ2v) is 6.58. The van der Waals surface area contributed by atoms with E-state index in [1.807, 2.05) is 0 Å². The third-order valence-electron chi connectivity index (χ3n) is 1.64. The summed E-state index contributed by atoms with van der Waals surface area (Å²) in [4.78, 5) is 34.8. The Balaban J connectivity index is 4.15. The molecule has 0 aromatic carbocycles. The van der Waals surface area contributed by atoms with Gasteiger partial charge in [-0.05, 0) is 19.0 Å². The monoisotopic (exact) mass is 259 g/mol. The van der Waals surface area contributed by atoms with Crippen LogP contribution in [0.2, 0.25) is 0 Å². The third-order valence-corrected chi connectivity index (χ3v) is 3.76. The fourth-order valence-electron chi connectivity index (χ4n) is 0.975. The average molecular weight is 259 g/mol. The fourth-order valence-corrected chi connectivity index (χ4v) is 2.39. The molecule has 0 aliphatic carbocycles.